The Morgan fingerprint density at radius 3 is 2.53 bits per heavy atom. The van der Waals surface area contributed by atoms with Gasteiger partial charge in [0.05, 0.1) is 17.3 Å². The lowest BCUT2D eigenvalue weighted by Gasteiger charge is -2.37. The molecule has 1 aliphatic carbocycles. The summed E-state index contributed by atoms with van der Waals surface area (Å²) in [5.74, 6) is -2.68. The Bertz CT molecular complexity index is 1430. The number of carbonyl (C=O) groups is 2. The maximum absolute atomic E-state index is 15.4. The van der Waals surface area contributed by atoms with Crippen molar-refractivity contribution in [3.05, 3.63) is 46.9 Å². The Balaban J connectivity index is 1.39. The first kappa shape index (κ1) is 31.1. The van der Waals surface area contributed by atoms with Gasteiger partial charge in [0, 0.05) is 44.1 Å². The third kappa shape index (κ3) is 6.76. The average Bonchev–Trinajstić information content (AvgIpc) is 3.42. The van der Waals surface area contributed by atoms with Gasteiger partial charge in [0.25, 0.3) is 0 Å². The lowest BCUT2D eigenvalue weighted by molar-refractivity contribution is -0.139. The number of pyridine rings is 1. The second-order valence-corrected chi connectivity index (χ2v) is 12.6. The quantitative estimate of drug-likeness (QED) is 0.263. The summed E-state index contributed by atoms with van der Waals surface area (Å²) >= 11 is 1.60. The molecule has 0 radical (unpaired) electrons. The zero-order valence-corrected chi connectivity index (χ0v) is 25.2. The van der Waals surface area contributed by atoms with Gasteiger partial charge >= 0.3 is 12.1 Å². The molecular formula is C30H34F4N4O4S. The molecule has 2 aromatic rings. The molecule has 43 heavy (non-hydrogen) atoms. The summed E-state index contributed by atoms with van der Waals surface area (Å²) < 4.78 is 68.3. The molecule has 1 aromatic carbocycles. The normalized spacial score (nSPS) is 23.9. The van der Waals surface area contributed by atoms with Crippen molar-refractivity contribution in [1.82, 2.24) is 9.88 Å². The molecule has 0 spiro atoms. The van der Waals surface area contributed by atoms with E-state index in [0.717, 1.165) is 42.0 Å². The van der Waals surface area contributed by atoms with Crippen LogP contribution in [0.15, 0.2) is 29.4 Å². The maximum Gasteiger partial charge on any atom is 0.421 e. The number of cyclic esters (lactones) is 1. The number of aromatic nitrogens is 1. The van der Waals surface area contributed by atoms with E-state index in [2.05, 4.69) is 16.9 Å². The first-order valence-electron chi connectivity index (χ1n) is 14.3. The highest BCUT2D eigenvalue weighted by molar-refractivity contribution is 8.14. The molecule has 2 atom stereocenters. The number of amides is 1. The van der Waals surface area contributed by atoms with Crippen LogP contribution in [0.4, 0.5) is 23.2 Å². The Labute approximate surface area is 251 Å². The summed E-state index contributed by atoms with van der Waals surface area (Å²) in [6.07, 6.45) is -0.587. The molecule has 1 saturated carbocycles. The summed E-state index contributed by atoms with van der Waals surface area (Å²) in [5.41, 5.74) is -1.00. The van der Waals surface area contributed by atoms with Gasteiger partial charge in [-0.2, -0.15) is 13.2 Å². The van der Waals surface area contributed by atoms with Crippen molar-refractivity contribution >= 4 is 34.5 Å². The molecule has 3 aliphatic rings. The lowest BCUT2D eigenvalue weighted by Crippen LogP contribution is -2.48. The summed E-state index contributed by atoms with van der Waals surface area (Å²) in [4.78, 5) is 37.8. The zero-order valence-electron chi connectivity index (χ0n) is 24.4. The minimum absolute atomic E-state index is 0.00160. The second kappa shape index (κ2) is 12.3. The number of anilines is 1. The number of esters is 1. The summed E-state index contributed by atoms with van der Waals surface area (Å²) in [6, 6.07) is 2.83. The fraction of sp³-hybridized carbons (Fsp3) is 0.533. The predicted molar refractivity (Wildman–Crippen MR) is 155 cm³/mol. The monoisotopic (exact) mass is 622 g/mol. The molecule has 1 aromatic heterocycles. The van der Waals surface area contributed by atoms with Crippen LogP contribution in [0.1, 0.15) is 67.4 Å². The number of amidine groups is 1. The number of rotatable bonds is 6. The highest BCUT2D eigenvalue weighted by atomic mass is 32.2. The topological polar surface area (TPSA) is 84.3 Å². The van der Waals surface area contributed by atoms with E-state index in [4.69, 9.17) is 9.47 Å². The van der Waals surface area contributed by atoms with E-state index in [0.29, 0.717) is 37.2 Å². The van der Waals surface area contributed by atoms with E-state index in [-0.39, 0.29) is 29.1 Å². The highest BCUT2D eigenvalue weighted by Gasteiger charge is 2.40. The van der Waals surface area contributed by atoms with E-state index in [1.165, 1.54) is 18.0 Å². The number of hydrogen-bond donors (Lipinski definition) is 0. The van der Waals surface area contributed by atoms with Crippen LogP contribution in [0.3, 0.4) is 0 Å². The molecule has 0 bridgehead atoms. The van der Waals surface area contributed by atoms with Gasteiger partial charge < -0.3 is 14.4 Å². The third-order valence-electron chi connectivity index (χ3n) is 8.04. The number of nitrogens with zero attached hydrogens (tertiary/aromatic N) is 4. The van der Waals surface area contributed by atoms with Crippen molar-refractivity contribution in [2.45, 2.75) is 70.8 Å². The van der Waals surface area contributed by atoms with E-state index in [9.17, 15) is 22.8 Å². The number of ether oxygens (including phenoxy) is 2. The number of carbonyl (C=O) groups excluding carboxylic acids is 2. The van der Waals surface area contributed by atoms with E-state index >= 15 is 4.39 Å². The molecule has 2 unspecified atom stereocenters. The minimum Gasteiger partial charge on any atom is -0.438 e. The fourth-order valence-corrected chi connectivity index (χ4v) is 6.66. The van der Waals surface area contributed by atoms with Gasteiger partial charge in [-0.25, -0.2) is 14.2 Å². The molecule has 0 N–H and O–H groups in total. The summed E-state index contributed by atoms with van der Waals surface area (Å²) in [5, 5.41) is 0.879. The highest BCUT2D eigenvalue weighted by Crippen LogP contribution is 2.41. The number of fused-ring (bicyclic) bond motifs is 1. The standard InChI is InChI=1S/C30H34F4N4O4S/c1-16-5-8-19(9-6-16)27(39)38-17(2)41-28(40)21-12-25(23(31)13-24(21)38)42-26-22(30(32,33)34)11-18(14-35-26)7-10-20-15-43-29(36-20)37(3)4/h11-14,16-17,19-20H,5-10,15H2,1-4H3. The van der Waals surface area contributed by atoms with Crippen LogP contribution in [0.5, 0.6) is 11.6 Å². The SMILES string of the molecule is CC1CCC(C(=O)N2c3cc(F)c(Oc4ncc(CCC5CSC(N(C)C)=N5)cc4C(F)(F)F)cc3C(=O)OC2C)CC1. The molecule has 1 fully saturated rings. The van der Waals surface area contributed by atoms with E-state index in [1.807, 2.05) is 19.0 Å². The van der Waals surface area contributed by atoms with Gasteiger partial charge in [-0.05, 0) is 63.0 Å². The average molecular weight is 623 g/mol. The fourth-order valence-electron chi connectivity index (χ4n) is 5.60. The predicted octanol–water partition coefficient (Wildman–Crippen LogP) is 6.67. The smallest absolute Gasteiger partial charge is 0.421 e. The molecule has 0 saturated heterocycles. The van der Waals surface area contributed by atoms with Crippen LogP contribution in [0, 0.1) is 17.7 Å². The van der Waals surface area contributed by atoms with Gasteiger partial charge in [0.15, 0.2) is 23.0 Å². The Morgan fingerprint density at radius 1 is 1.16 bits per heavy atom. The molecule has 8 nitrogen and oxygen atoms in total. The number of halogens is 4. The van der Waals surface area contributed by atoms with Gasteiger partial charge in [0.2, 0.25) is 11.8 Å². The number of thioether (sulfide) groups is 1. The number of benzene rings is 1. The Hall–Kier alpha value is -3.35. The van der Waals surface area contributed by atoms with Gasteiger partial charge in [-0.1, -0.05) is 18.7 Å². The van der Waals surface area contributed by atoms with Crippen LogP contribution >= 0.6 is 11.8 Å². The zero-order chi connectivity index (χ0) is 31.1. The van der Waals surface area contributed by atoms with Crippen LogP contribution < -0.4 is 9.64 Å². The number of alkyl halides is 3. The molecule has 232 valence electrons. The van der Waals surface area contributed by atoms with E-state index < -0.39 is 41.4 Å². The summed E-state index contributed by atoms with van der Waals surface area (Å²) in [7, 11) is 3.77. The van der Waals surface area contributed by atoms with Crippen LogP contribution in [-0.2, 0) is 22.1 Å². The number of hydrogen-bond acceptors (Lipinski definition) is 8. The molecule has 3 heterocycles. The van der Waals surface area contributed by atoms with Crippen molar-refractivity contribution in [1.29, 1.82) is 0 Å². The maximum atomic E-state index is 15.4. The molecular weight excluding hydrogens is 588 g/mol. The van der Waals surface area contributed by atoms with Crippen molar-refractivity contribution in [3.8, 4) is 11.6 Å². The van der Waals surface area contributed by atoms with Crippen molar-refractivity contribution in [2.75, 3.05) is 24.7 Å². The van der Waals surface area contributed by atoms with Crippen LogP contribution in [-0.4, -0.2) is 59.0 Å². The van der Waals surface area contributed by atoms with Crippen molar-refractivity contribution in [3.63, 3.8) is 0 Å². The molecule has 1 amide bonds. The van der Waals surface area contributed by atoms with Crippen molar-refractivity contribution in [2.24, 2.45) is 16.8 Å². The lowest BCUT2D eigenvalue weighted by atomic mass is 9.82. The largest absolute Gasteiger partial charge is 0.438 e. The molecule has 5 rings (SSSR count). The van der Waals surface area contributed by atoms with Crippen LogP contribution in [0.2, 0.25) is 0 Å². The van der Waals surface area contributed by atoms with Crippen molar-refractivity contribution < 1.29 is 36.6 Å². The Morgan fingerprint density at radius 2 is 1.88 bits per heavy atom. The number of aryl methyl sites for hydroxylation is 1. The van der Waals surface area contributed by atoms with Gasteiger partial charge in [0.1, 0.15) is 5.56 Å². The summed E-state index contributed by atoms with van der Waals surface area (Å²) in [6.45, 7) is 3.64. The first-order chi connectivity index (χ1) is 20.3. The third-order valence-corrected chi connectivity index (χ3v) is 9.32. The van der Waals surface area contributed by atoms with Crippen LogP contribution in [0.25, 0.3) is 0 Å². The first-order valence-corrected chi connectivity index (χ1v) is 15.3. The molecule has 2 aliphatic heterocycles. The van der Waals surface area contributed by atoms with Gasteiger partial charge in [-0.3, -0.25) is 14.7 Å². The second-order valence-electron chi connectivity index (χ2n) is 11.6. The van der Waals surface area contributed by atoms with E-state index in [1.54, 1.807) is 11.8 Å². The Kier molecular flexibility index (Phi) is 8.92. The van der Waals surface area contributed by atoms with Gasteiger partial charge in [-0.15, -0.1) is 0 Å². The molecule has 13 heteroatoms. The number of aliphatic imine (C=N–C) groups is 1. The minimum atomic E-state index is -4.84.